The Labute approximate surface area is 103 Å². The van der Waals surface area contributed by atoms with Gasteiger partial charge < -0.3 is 0 Å². The first-order valence-electron chi connectivity index (χ1n) is 3.44. The first-order chi connectivity index (χ1) is 6.75. The van der Waals surface area contributed by atoms with Gasteiger partial charge in [-0.2, -0.15) is 13.2 Å². The zero-order valence-corrected chi connectivity index (χ0v) is 10.5. The Hall–Kier alpha value is 0.01000. The van der Waals surface area contributed by atoms with Crippen LogP contribution in [0.15, 0.2) is 10.7 Å². The number of halogens is 7. The quantitative estimate of drug-likeness (QED) is 0.386. The van der Waals surface area contributed by atoms with Gasteiger partial charge in [0.25, 0.3) is 6.43 Å². The van der Waals surface area contributed by atoms with E-state index in [-0.39, 0.29) is 3.70 Å². The molecule has 0 fully saturated rings. The molecule has 0 N–H and O–H groups in total. The van der Waals surface area contributed by atoms with Crippen molar-refractivity contribution in [1.29, 1.82) is 0 Å². The highest BCUT2D eigenvalue weighted by molar-refractivity contribution is 14.1. The molecule has 1 rings (SSSR count). The van der Waals surface area contributed by atoms with E-state index in [1.54, 1.807) is 0 Å². The number of hydrogen-bond donors (Lipinski definition) is 0. The van der Waals surface area contributed by atoms with Crippen LogP contribution < -0.4 is 0 Å². The highest BCUT2D eigenvalue weighted by Gasteiger charge is 2.38. The smallest absolute Gasteiger partial charge is 0.249 e. The van der Waals surface area contributed by atoms with Gasteiger partial charge in [0.05, 0.1) is 5.56 Å². The van der Waals surface area contributed by atoms with E-state index in [1.807, 2.05) is 0 Å². The van der Waals surface area contributed by atoms with Crippen LogP contribution >= 0.6 is 38.5 Å². The van der Waals surface area contributed by atoms with E-state index in [0.29, 0.717) is 0 Å². The lowest BCUT2D eigenvalue weighted by molar-refractivity contribution is -0.139. The third kappa shape index (κ3) is 2.77. The lowest BCUT2D eigenvalue weighted by Gasteiger charge is -2.13. The van der Waals surface area contributed by atoms with Crippen molar-refractivity contribution in [1.82, 2.24) is 4.98 Å². The SMILES string of the molecule is FC(F)c1cnc(I)c(C(F)(F)F)c1Br. The molecule has 0 bridgehead atoms. The molecule has 0 radical (unpaired) electrons. The van der Waals surface area contributed by atoms with Crippen LogP contribution in [0.25, 0.3) is 0 Å². The predicted octanol–water partition coefficient (Wildman–Crippen LogP) is 4.41. The Balaban J connectivity index is 3.44. The molecule has 15 heavy (non-hydrogen) atoms. The van der Waals surface area contributed by atoms with Gasteiger partial charge in [-0.15, -0.1) is 0 Å². The highest BCUT2D eigenvalue weighted by Crippen LogP contribution is 2.40. The largest absolute Gasteiger partial charge is 0.420 e. The zero-order chi connectivity index (χ0) is 11.8. The maximum atomic E-state index is 12.4. The summed E-state index contributed by atoms with van der Waals surface area (Å²) in [6, 6.07) is 0. The van der Waals surface area contributed by atoms with E-state index >= 15 is 0 Å². The average Bonchev–Trinajstić information content (AvgIpc) is 2.00. The van der Waals surface area contributed by atoms with E-state index in [0.717, 1.165) is 6.20 Å². The summed E-state index contributed by atoms with van der Waals surface area (Å²) in [7, 11) is 0. The Morgan fingerprint density at radius 1 is 1.33 bits per heavy atom. The Morgan fingerprint density at radius 3 is 2.27 bits per heavy atom. The minimum atomic E-state index is -4.70. The van der Waals surface area contributed by atoms with Gasteiger partial charge in [-0.3, -0.25) is 0 Å². The standard InChI is InChI=1S/C7H2BrF5IN/c8-4-2(5(9)10)1-15-6(14)3(4)7(11,12)13/h1,5H. The topological polar surface area (TPSA) is 12.9 Å². The van der Waals surface area contributed by atoms with Crippen molar-refractivity contribution < 1.29 is 22.0 Å². The molecule has 0 saturated carbocycles. The molecular formula is C7H2BrF5IN. The van der Waals surface area contributed by atoms with Gasteiger partial charge in [0.1, 0.15) is 9.26 Å². The van der Waals surface area contributed by atoms with Crippen molar-refractivity contribution in [2.24, 2.45) is 0 Å². The molecule has 8 heteroatoms. The minimum absolute atomic E-state index is 0.364. The number of alkyl halides is 5. The van der Waals surface area contributed by atoms with Crippen LogP contribution in [0.4, 0.5) is 22.0 Å². The molecule has 0 aliphatic carbocycles. The first-order valence-corrected chi connectivity index (χ1v) is 5.31. The van der Waals surface area contributed by atoms with Crippen molar-refractivity contribution >= 4 is 38.5 Å². The lowest BCUT2D eigenvalue weighted by Crippen LogP contribution is -2.11. The number of hydrogen-bond acceptors (Lipinski definition) is 1. The molecule has 0 amide bonds. The van der Waals surface area contributed by atoms with Gasteiger partial charge in [0.15, 0.2) is 0 Å². The molecule has 0 spiro atoms. The molecule has 1 heterocycles. The summed E-state index contributed by atoms with van der Waals surface area (Å²) < 4.78 is 60.9. The Bertz CT molecular complexity index is 378. The molecule has 0 aliphatic heterocycles. The summed E-state index contributed by atoms with van der Waals surface area (Å²) >= 11 is 3.87. The van der Waals surface area contributed by atoms with Crippen LogP contribution in [0.2, 0.25) is 0 Å². The van der Waals surface area contributed by atoms with E-state index < -0.39 is 28.2 Å². The molecule has 84 valence electrons. The van der Waals surface area contributed by atoms with Gasteiger partial charge >= 0.3 is 6.18 Å². The zero-order valence-electron chi connectivity index (χ0n) is 6.75. The van der Waals surface area contributed by atoms with Gasteiger partial charge in [-0.05, 0) is 38.5 Å². The normalized spacial score (nSPS) is 12.3. The van der Waals surface area contributed by atoms with E-state index in [4.69, 9.17) is 0 Å². The molecule has 0 unspecified atom stereocenters. The van der Waals surface area contributed by atoms with Crippen molar-refractivity contribution in [3.63, 3.8) is 0 Å². The van der Waals surface area contributed by atoms with Gasteiger partial charge in [-0.25, -0.2) is 13.8 Å². The molecule has 1 aromatic heterocycles. The van der Waals surface area contributed by atoms with Gasteiger partial charge in [-0.1, -0.05) is 0 Å². The molecule has 0 atom stereocenters. The summed E-state index contributed by atoms with van der Waals surface area (Å²) in [5.74, 6) is 0. The fraction of sp³-hybridized carbons (Fsp3) is 0.286. The molecule has 0 aliphatic rings. The monoisotopic (exact) mass is 401 g/mol. The second kappa shape index (κ2) is 4.48. The maximum Gasteiger partial charge on any atom is 0.420 e. The van der Waals surface area contributed by atoms with Crippen LogP contribution in [0.3, 0.4) is 0 Å². The third-order valence-electron chi connectivity index (χ3n) is 1.51. The molecule has 1 aromatic rings. The summed E-state index contributed by atoms with van der Waals surface area (Å²) in [6.45, 7) is 0. The second-order valence-corrected chi connectivity index (χ2v) is 4.31. The first kappa shape index (κ1) is 13.1. The van der Waals surface area contributed by atoms with E-state index in [9.17, 15) is 22.0 Å². The average molecular weight is 402 g/mol. The van der Waals surface area contributed by atoms with Crippen LogP contribution in [-0.4, -0.2) is 4.98 Å². The van der Waals surface area contributed by atoms with Gasteiger partial charge in [0, 0.05) is 10.7 Å². The van der Waals surface area contributed by atoms with Crippen LogP contribution in [0, 0.1) is 3.70 Å². The van der Waals surface area contributed by atoms with E-state index in [2.05, 4.69) is 20.9 Å². The minimum Gasteiger partial charge on any atom is -0.249 e. The van der Waals surface area contributed by atoms with Crippen LogP contribution in [-0.2, 0) is 6.18 Å². The summed E-state index contributed by atoms with van der Waals surface area (Å²) in [5.41, 5.74) is -1.93. The Morgan fingerprint density at radius 2 is 1.87 bits per heavy atom. The molecule has 0 saturated heterocycles. The number of pyridine rings is 1. The van der Waals surface area contributed by atoms with Crippen molar-refractivity contribution in [3.05, 3.63) is 25.5 Å². The number of aromatic nitrogens is 1. The molecular weight excluding hydrogens is 400 g/mol. The molecule has 1 nitrogen and oxygen atoms in total. The Kier molecular flexibility index (Phi) is 3.90. The molecule has 0 aromatic carbocycles. The highest BCUT2D eigenvalue weighted by atomic mass is 127. The van der Waals surface area contributed by atoms with Gasteiger partial charge in [0.2, 0.25) is 0 Å². The van der Waals surface area contributed by atoms with Crippen molar-refractivity contribution in [2.45, 2.75) is 12.6 Å². The fourth-order valence-corrected chi connectivity index (χ4v) is 2.65. The number of nitrogens with zero attached hydrogens (tertiary/aromatic N) is 1. The van der Waals surface area contributed by atoms with Crippen LogP contribution in [0.5, 0.6) is 0 Å². The third-order valence-corrected chi connectivity index (χ3v) is 3.19. The number of rotatable bonds is 1. The summed E-state index contributed by atoms with van der Waals surface area (Å²) in [4.78, 5) is 3.28. The fourth-order valence-electron chi connectivity index (χ4n) is 0.876. The van der Waals surface area contributed by atoms with Crippen LogP contribution in [0.1, 0.15) is 17.6 Å². The summed E-state index contributed by atoms with van der Waals surface area (Å²) in [6.07, 6.45) is -6.97. The lowest BCUT2D eigenvalue weighted by atomic mass is 10.2. The van der Waals surface area contributed by atoms with Crippen molar-refractivity contribution in [2.75, 3.05) is 0 Å². The van der Waals surface area contributed by atoms with Crippen molar-refractivity contribution in [3.8, 4) is 0 Å². The summed E-state index contributed by atoms with van der Waals surface area (Å²) in [5, 5.41) is 0. The second-order valence-electron chi connectivity index (χ2n) is 2.49. The maximum absolute atomic E-state index is 12.4. The van der Waals surface area contributed by atoms with E-state index in [1.165, 1.54) is 22.6 Å². The predicted molar refractivity (Wildman–Crippen MR) is 54.6 cm³/mol.